The maximum absolute atomic E-state index is 13.0. The summed E-state index contributed by atoms with van der Waals surface area (Å²) in [5, 5.41) is 7.23. The number of carbonyl (C=O) groups is 1. The highest BCUT2D eigenvalue weighted by molar-refractivity contribution is 5.74. The van der Waals surface area contributed by atoms with Crippen molar-refractivity contribution >= 4 is 6.03 Å². The van der Waals surface area contributed by atoms with E-state index in [1.807, 2.05) is 30.1 Å². The lowest BCUT2D eigenvalue weighted by atomic mass is 9.90. The normalized spacial score (nSPS) is 16.3. The fourth-order valence-corrected chi connectivity index (χ4v) is 3.63. The second-order valence-corrected chi connectivity index (χ2v) is 7.10. The maximum Gasteiger partial charge on any atom is 0.318 e. The zero-order chi connectivity index (χ0) is 19.2. The highest BCUT2D eigenvalue weighted by atomic mass is 19.1. The lowest BCUT2D eigenvalue weighted by Gasteiger charge is -2.33. The summed E-state index contributed by atoms with van der Waals surface area (Å²) < 4.78 is 20.0. The van der Waals surface area contributed by atoms with Gasteiger partial charge in [-0.25, -0.2) is 9.18 Å². The molecule has 3 rings (SSSR count). The van der Waals surface area contributed by atoms with E-state index >= 15 is 0 Å². The number of urea groups is 1. The molecule has 0 unspecified atom stereocenters. The van der Waals surface area contributed by atoms with Gasteiger partial charge in [0.05, 0.1) is 18.3 Å². The Bertz CT molecular complexity index is 739. The number of likely N-dealkylation sites (tertiary alicyclic amines) is 1. The first kappa shape index (κ1) is 19.4. The van der Waals surface area contributed by atoms with Crippen molar-refractivity contribution in [3.8, 4) is 0 Å². The third kappa shape index (κ3) is 5.07. The lowest BCUT2D eigenvalue weighted by molar-refractivity contribution is 0.142. The number of benzene rings is 1. The molecular formula is C20H27FN4O2. The fraction of sp³-hybridized carbons (Fsp3) is 0.500. The van der Waals surface area contributed by atoms with Crippen LogP contribution in [-0.2, 0) is 18.2 Å². The molecule has 1 atom stereocenters. The monoisotopic (exact) mass is 374 g/mol. The summed E-state index contributed by atoms with van der Waals surface area (Å²) in [4.78, 5) is 14.5. The lowest BCUT2D eigenvalue weighted by Crippen LogP contribution is -2.46. The molecule has 1 aliphatic heterocycles. The SMILES string of the molecule is COC[C@@H](NC(=O)N1CCC(Cc2ccc(F)cc2)CC1)c1ccnn1C. The second-order valence-electron chi connectivity index (χ2n) is 7.10. The van der Waals surface area contributed by atoms with Gasteiger partial charge in [-0.1, -0.05) is 12.1 Å². The summed E-state index contributed by atoms with van der Waals surface area (Å²) in [6.07, 6.45) is 4.54. The molecule has 0 radical (unpaired) electrons. The van der Waals surface area contributed by atoms with Gasteiger partial charge in [-0.15, -0.1) is 0 Å². The van der Waals surface area contributed by atoms with Gasteiger partial charge < -0.3 is 15.0 Å². The quantitative estimate of drug-likeness (QED) is 0.846. The number of aryl methyl sites for hydroxylation is 1. The van der Waals surface area contributed by atoms with Crippen LogP contribution in [0.3, 0.4) is 0 Å². The van der Waals surface area contributed by atoms with Gasteiger partial charge in [0, 0.05) is 33.4 Å². The van der Waals surface area contributed by atoms with Crippen LogP contribution in [0.5, 0.6) is 0 Å². The van der Waals surface area contributed by atoms with Crippen LogP contribution in [-0.4, -0.2) is 47.5 Å². The molecule has 1 aromatic heterocycles. The Labute approximate surface area is 159 Å². The Morgan fingerprint density at radius 1 is 1.30 bits per heavy atom. The number of nitrogens with zero attached hydrogens (tertiary/aromatic N) is 3. The van der Waals surface area contributed by atoms with Gasteiger partial charge in [0.25, 0.3) is 0 Å². The molecule has 1 aliphatic rings. The summed E-state index contributed by atoms with van der Waals surface area (Å²) >= 11 is 0. The van der Waals surface area contributed by atoms with Gasteiger partial charge in [0.1, 0.15) is 5.82 Å². The molecule has 1 fully saturated rings. The Hall–Kier alpha value is -2.41. The number of aromatic nitrogens is 2. The van der Waals surface area contributed by atoms with E-state index in [0.717, 1.165) is 43.6 Å². The summed E-state index contributed by atoms with van der Waals surface area (Å²) in [5.74, 6) is 0.315. The average Bonchev–Trinajstić information content (AvgIpc) is 3.09. The largest absolute Gasteiger partial charge is 0.382 e. The van der Waals surface area contributed by atoms with Crippen molar-refractivity contribution in [1.29, 1.82) is 0 Å². The van der Waals surface area contributed by atoms with Crippen LogP contribution in [0.4, 0.5) is 9.18 Å². The molecule has 146 valence electrons. The van der Waals surface area contributed by atoms with E-state index in [4.69, 9.17) is 4.74 Å². The molecule has 1 saturated heterocycles. The number of hydrogen-bond acceptors (Lipinski definition) is 3. The molecule has 7 heteroatoms. The Balaban J connectivity index is 1.51. The minimum Gasteiger partial charge on any atom is -0.382 e. The van der Waals surface area contributed by atoms with Crippen LogP contribution in [0.1, 0.15) is 30.1 Å². The summed E-state index contributed by atoms with van der Waals surface area (Å²) in [7, 11) is 3.47. The molecule has 1 N–H and O–H groups in total. The van der Waals surface area contributed by atoms with E-state index in [2.05, 4.69) is 10.4 Å². The van der Waals surface area contributed by atoms with Gasteiger partial charge >= 0.3 is 6.03 Å². The van der Waals surface area contributed by atoms with Crippen molar-refractivity contribution in [2.75, 3.05) is 26.8 Å². The van der Waals surface area contributed by atoms with Crippen LogP contribution in [0, 0.1) is 11.7 Å². The maximum atomic E-state index is 13.0. The molecule has 0 aliphatic carbocycles. The first-order valence-corrected chi connectivity index (χ1v) is 9.33. The molecule has 2 heterocycles. The minimum absolute atomic E-state index is 0.0708. The number of ether oxygens (including phenoxy) is 1. The fourth-order valence-electron chi connectivity index (χ4n) is 3.63. The Morgan fingerprint density at radius 3 is 2.59 bits per heavy atom. The third-order valence-corrected chi connectivity index (χ3v) is 5.19. The summed E-state index contributed by atoms with van der Waals surface area (Å²) in [6, 6.07) is 8.29. The number of hydrogen-bond donors (Lipinski definition) is 1. The van der Waals surface area contributed by atoms with Crippen molar-refractivity contribution in [2.24, 2.45) is 13.0 Å². The standard InChI is InChI=1S/C20H27FN4O2/c1-24-19(7-10-22-24)18(14-27-2)23-20(26)25-11-8-16(9-12-25)13-15-3-5-17(21)6-4-15/h3-7,10,16,18H,8-9,11-14H2,1-2H3,(H,23,26)/t18-/m1/s1. The van der Waals surface area contributed by atoms with E-state index in [-0.39, 0.29) is 17.9 Å². The number of piperidine rings is 1. The average molecular weight is 374 g/mol. The third-order valence-electron chi connectivity index (χ3n) is 5.19. The molecule has 0 saturated carbocycles. The van der Waals surface area contributed by atoms with Gasteiger partial charge in [0.2, 0.25) is 0 Å². The van der Waals surface area contributed by atoms with Crippen LogP contribution < -0.4 is 5.32 Å². The van der Waals surface area contributed by atoms with E-state index in [1.165, 1.54) is 12.1 Å². The van der Waals surface area contributed by atoms with Gasteiger partial charge in [0.15, 0.2) is 0 Å². The molecule has 2 amide bonds. The number of nitrogens with one attached hydrogen (secondary N) is 1. The van der Waals surface area contributed by atoms with Crippen LogP contribution in [0.2, 0.25) is 0 Å². The van der Waals surface area contributed by atoms with Crippen LogP contribution >= 0.6 is 0 Å². The zero-order valence-electron chi connectivity index (χ0n) is 15.9. The van der Waals surface area contributed by atoms with E-state index < -0.39 is 0 Å². The number of methoxy groups -OCH3 is 1. The van der Waals surface area contributed by atoms with Gasteiger partial charge in [-0.2, -0.15) is 5.10 Å². The number of amides is 2. The van der Waals surface area contributed by atoms with Crippen molar-refractivity contribution in [3.63, 3.8) is 0 Å². The molecule has 2 aromatic rings. The Morgan fingerprint density at radius 2 is 2.00 bits per heavy atom. The summed E-state index contributed by atoms with van der Waals surface area (Å²) in [6.45, 7) is 1.85. The van der Waals surface area contributed by atoms with Gasteiger partial charge in [-0.3, -0.25) is 4.68 Å². The zero-order valence-corrected chi connectivity index (χ0v) is 15.9. The second kappa shape index (κ2) is 8.99. The Kier molecular flexibility index (Phi) is 6.45. The van der Waals surface area contributed by atoms with Crippen molar-refractivity contribution in [1.82, 2.24) is 20.0 Å². The number of halogens is 1. The van der Waals surface area contributed by atoms with E-state index in [9.17, 15) is 9.18 Å². The van der Waals surface area contributed by atoms with Crippen molar-refractivity contribution in [2.45, 2.75) is 25.3 Å². The first-order valence-electron chi connectivity index (χ1n) is 9.33. The predicted octanol–water partition coefficient (Wildman–Crippen LogP) is 2.91. The molecule has 0 bridgehead atoms. The van der Waals surface area contributed by atoms with E-state index in [0.29, 0.717) is 12.5 Å². The molecule has 27 heavy (non-hydrogen) atoms. The van der Waals surface area contributed by atoms with Crippen molar-refractivity contribution in [3.05, 3.63) is 53.6 Å². The van der Waals surface area contributed by atoms with Crippen LogP contribution in [0.25, 0.3) is 0 Å². The first-order chi connectivity index (χ1) is 13.1. The number of rotatable bonds is 6. The summed E-state index contributed by atoms with van der Waals surface area (Å²) in [5.41, 5.74) is 2.06. The molecular weight excluding hydrogens is 347 g/mol. The number of carbonyl (C=O) groups excluding carboxylic acids is 1. The van der Waals surface area contributed by atoms with Crippen LogP contribution in [0.15, 0.2) is 36.5 Å². The van der Waals surface area contributed by atoms with E-state index in [1.54, 1.807) is 18.0 Å². The smallest absolute Gasteiger partial charge is 0.318 e. The molecule has 1 aromatic carbocycles. The molecule has 0 spiro atoms. The topological polar surface area (TPSA) is 59.4 Å². The van der Waals surface area contributed by atoms with Crippen molar-refractivity contribution < 1.29 is 13.9 Å². The van der Waals surface area contributed by atoms with Gasteiger partial charge in [-0.05, 0) is 48.9 Å². The predicted molar refractivity (Wildman–Crippen MR) is 101 cm³/mol. The minimum atomic E-state index is -0.230. The molecule has 6 nitrogen and oxygen atoms in total. The highest BCUT2D eigenvalue weighted by Gasteiger charge is 2.25. The highest BCUT2D eigenvalue weighted by Crippen LogP contribution is 2.22.